The third-order valence-electron chi connectivity index (χ3n) is 5.66. The second kappa shape index (κ2) is 7.54. The maximum atomic E-state index is 11.6. The summed E-state index contributed by atoms with van der Waals surface area (Å²) in [6, 6.07) is 0. The number of hydrogen-bond acceptors (Lipinski definition) is 5. The molecule has 1 fully saturated rings. The standard InChI is InChI=1S/C19H32O5/c1-7-16-8-9-19(23-14(16)5)13(4)18(22-15(6)21)12(3)17(24-19)11(2)10-20/h8-9,11-14,16-18,20H,7,10H2,1-6H3/t11-,12+,13-,14+,16-,17-,18+,19+/m0/s1. The molecule has 5 heteroatoms. The van der Waals surface area contributed by atoms with Gasteiger partial charge in [0.1, 0.15) is 6.10 Å². The van der Waals surface area contributed by atoms with Crippen molar-refractivity contribution in [2.45, 2.75) is 72.1 Å². The summed E-state index contributed by atoms with van der Waals surface area (Å²) in [5.41, 5.74) is 0. The molecule has 0 unspecified atom stereocenters. The number of rotatable bonds is 4. The zero-order valence-corrected chi connectivity index (χ0v) is 15.7. The van der Waals surface area contributed by atoms with Crippen molar-refractivity contribution in [2.24, 2.45) is 23.7 Å². The van der Waals surface area contributed by atoms with Gasteiger partial charge in [-0.1, -0.05) is 33.8 Å². The molecule has 0 saturated carbocycles. The molecule has 0 amide bonds. The molecule has 2 heterocycles. The van der Waals surface area contributed by atoms with Crippen molar-refractivity contribution in [1.82, 2.24) is 0 Å². The van der Waals surface area contributed by atoms with E-state index in [2.05, 4.69) is 19.9 Å². The van der Waals surface area contributed by atoms with Gasteiger partial charge in [0.25, 0.3) is 0 Å². The van der Waals surface area contributed by atoms with Gasteiger partial charge in [-0.25, -0.2) is 0 Å². The van der Waals surface area contributed by atoms with E-state index in [9.17, 15) is 9.90 Å². The molecule has 0 radical (unpaired) electrons. The van der Waals surface area contributed by atoms with Gasteiger partial charge in [-0.05, 0) is 19.4 Å². The first-order valence-corrected chi connectivity index (χ1v) is 9.08. The zero-order valence-electron chi connectivity index (χ0n) is 15.7. The van der Waals surface area contributed by atoms with Gasteiger partial charge in [-0.15, -0.1) is 0 Å². The van der Waals surface area contributed by atoms with Crippen LogP contribution in [0.15, 0.2) is 12.2 Å². The molecule has 0 aromatic carbocycles. The fourth-order valence-corrected chi connectivity index (χ4v) is 4.06. The Labute approximate surface area is 145 Å². The van der Waals surface area contributed by atoms with Gasteiger partial charge in [0.2, 0.25) is 0 Å². The number of carbonyl (C=O) groups excluding carboxylic acids is 1. The highest BCUT2D eigenvalue weighted by Crippen LogP contribution is 2.46. The Hall–Kier alpha value is -0.910. The monoisotopic (exact) mass is 340 g/mol. The van der Waals surface area contributed by atoms with Crippen molar-refractivity contribution in [1.29, 1.82) is 0 Å². The minimum absolute atomic E-state index is 0.0170. The van der Waals surface area contributed by atoms with Crippen LogP contribution in [0.3, 0.4) is 0 Å². The zero-order chi connectivity index (χ0) is 18.1. The van der Waals surface area contributed by atoms with E-state index >= 15 is 0 Å². The Kier molecular flexibility index (Phi) is 6.10. The van der Waals surface area contributed by atoms with Crippen LogP contribution in [0.25, 0.3) is 0 Å². The average Bonchev–Trinajstić information content (AvgIpc) is 2.54. The van der Waals surface area contributed by atoms with Gasteiger partial charge in [0.05, 0.1) is 18.1 Å². The first-order chi connectivity index (χ1) is 11.3. The average molecular weight is 340 g/mol. The SMILES string of the molecule is CC[C@H]1C=C[C@]2(O[C@@H]([C@@H](C)CO)[C@@H](C)[C@@H](OC(C)=O)[C@@H]2C)O[C@@H]1C. The number of aliphatic hydroxyl groups is 1. The molecule has 1 saturated heterocycles. The maximum absolute atomic E-state index is 11.6. The van der Waals surface area contributed by atoms with Crippen molar-refractivity contribution in [3.63, 3.8) is 0 Å². The van der Waals surface area contributed by atoms with Crippen molar-refractivity contribution in [2.75, 3.05) is 6.61 Å². The fourth-order valence-electron chi connectivity index (χ4n) is 4.06. The molecule has 1 spiro atoms. The minimum Gasteiger partial charge on any atom is -0.462 e. The summed E-state index contributed by atoms with van der Waals surface area (Å²) in [5, 5.41) is 9.61. The van der Waals surface area contributed by atoms with E-state index in [1.54, 1.807) is 0 Å². The molecule has 2 aliphatic heterocycles. The molecule has 0 bridgehead atoms. The Morgan fingerprint density at radius 2 is 2.00 bits per heavy atom. The van der Waals surface area contributed by atoms with Gasteiger partial charge in [-0.3, -0.25) is 4.79 Å². The van der Waals surface area contributed by atoms with Crippen LogP contribution in [0.1, 0.15) is 48.0 Å². The number of esters is 1. The van der Waals surface area contributed by atoms with Crippen molar-refractivity contribution >= 4 is 5.97 Å². The minimum atomic E-state index is -0.911. The summed E-state index contributed by atoms with van der Waals surface area (Å²) in [4.78, 5) is 11.6. The van der Waals surface area contributed by atoms with Crippen LogP contribution in [-0.2, 0) is 19.0 Å². The summed E-state index contributed by atoms with van der Waals surface area (Å²) in [6.45, 7) is 11.6. The van der Waals surface area contributed by atoms with Crippen molar-refractivity contribution in [3.05, 3.63) is 12.2 Å². The summed E-state index contributed by atoms with van der Waals surface area (Å²) in [7, 11) is 0. The highest BCUT2D eigenvalue weighted by molar-refractivity contribution is 5.66. The first-order valence-electron chi connectivity index (χ1n) is 9.08. The van der Waals surface area contributed by atoms with E-state index in [4.69, 9.17) is 14.2 Å². The number of carbonyl (C=O) groups is 1. The van der Waals surface area contributed by atoms with E-state index < -0.39 is 5.79 Å². The van der Waals surface area contributed by atoms with E-state index in [0.29, 0.717) is 5.92 Å². The third-order valence-corrected chi connectivity index (χ3v) is 5.66. The molecular formula is C19H32O5. The van der Waals surface area contributed by atoms with Crippen LogP contribution in [-0.4, -0.2) is 41.8 Å². The van der Waals surface area contributed by atoms with Gasteiger partial charge in [0, 0.05) is 31.3 Å². The molecule has 5 nitrogen and oxygen atoms in total. The lowest BCUT2D eigenvalue weighted by molar-refractivity contribution is -0.338. The normalized spacial score (nSPS) is 43.6. The largest absolute Gasteiger partial charge is 0.462 e. The van der Waals surface area contributed by atoms with Crippen LogP contribution in [0.2, 0.25) is 0 Å². The quantitative estimate of drug-likeness (QED) is 0.630. The highest BCUT2D eigenvalue weighted by atomic mass is 16.7. The summed E-state index contributed by atoms with van der Waals surface area (Å²) in [5.74, 6) is -1.08. The molecule has 138 valence electrons. The molecule has 0 aromatic rings. The lowest BCUT2D eigenvalue weighted by Gasteiger charge is -2.53. The smallest absolute Gasteiger partial charge is 0.302 e. The molecule has 0 aliphatic carbocycles. The van der Waals surface area contributed by atoms with E-state index in [0.717, 1.165) is 6.42 Å². The fraction of sp³-hybridized carbons (Fsp3) is 0.842. The van der Waals surface area contributed by atoms with Crippen LogP contribution in [0, 0.1) is 23.7 Å². The molecule has 8 atom stereocenters. The van der Waals surface area contributed by atoms with Crippen molar-refractivity contribution in [3.8, 4) is 0 Å². The van der Waals surface area contributed by atoms with Gasteiger partial charge >= 0.3 is 5.97 Å². The topological polar surface area (TPSA) is 65.0 Å². The second-order valence-electron chi connectivity index (χ2n) is 7.44. The van der Waals surface area contributed by atoms with Crippen molar-refractivity contribution < 1.29 is 24.1 Å². The van der Waals surface area contributed by atoms with Crippen LogP contribution in [0.4, 0.5) is 0 Å². The lowest BCUT2D eigenvalue weighted by Crippen LogP contribution is -2.62. The molecule has 0 aromatic heterocycles. The Bertz CT molecular complexity index is 476. The molecule has 24 heavy (non-hydrogen) atoms. The van der Waals surface area contributed by atoms with Crippen LogP contribution < -0.4 is 0 Å². The van der Waals surface area contributed by atoms with Gasteiger partial charge < -0.3 is 19.3 Å². The molecule has 2 rings (SSSR count). The summed E-state index contributed by atoms with van der Waals surface area (Å²) in [6.07, 6.45) is 4.62. The number of ether oxygens (including phenoxy) is 3. The van der Waals surface area contributed by atoms with E-state index in [-0.39, 0.29) is 48.6 Å². The van der Waals surface area contributed by atoms with Crippen LogP contribution >= 0.6 is 0 Å². The molecular weight excluding hydrogens is 308 g/mol. The maximum Gasteiger partial charge on any atom is 0.302 e. The summed E-state index contributed by atoms with van der Waals surface area (Å²) < 4.78 is 18.4. The molecule has 2 aliphatic rings. The van der Waals surface area contributed by atoms with Gasteiger partial charge in [0.15, 0.2) is 5.79 Å². The first kappa shape index (κ1) is 19.4. The third kappa shape index (κ3) is 3.53. The number of hydrogen-bond donors (Lipinski definition) is 1. The summed E-state index contributed by atoms with van der Waals surface area (Å²) >= 11 is 0. The van der Waals surface area contributed by atoms with E-state index in [1.807, 2.05) is 26.8 Å². The Morgan fingerprint density at radius 3 is 2.50 bits per heavy atom. The lowest BCUT2D eigenvalue weighted by atomic mass is 9.76. The Morgan fingerprint density at radius 1 is 1.33 bits per heavy atom. The second-order valence-corrected chi connectivity index (χ2v) is 7.44. The Balaban J connectivity index is 2.38. The predicted octanol–water partition coefficient (Wildman–Crippen LogP) is 2.91. The van der Waals surface area contributed by atoms with E-state index in [1.165, 1.54) is 6.92 Å². The highest BCUT2D eigenvalue weighted by Gasteiger charge is 2.55. The molecule has 1 N–H and O–H groups in total. The van der Waals surface area contributed by atoms with Gasteiger partial charge in [-0.2, -0.15) is 0 Å². The van der Waals surface area contributed by atoms with Crippen LogP contribution in [0.5, 0.6) is 0 Å². The number of aliphatic hydroxyl groups excluding tert-OH is 1. The predicted molar refractivity (Wildman–Crippen MR) is 91.2 cm³/mol.